The predicted octanol–water partition coefficient (Wildman–Crippen LogP) is 1.98. The molecule has 0 aromatic heterocycles. The molecule has 0 spiro atoms. The third kappa shape index (κ3) is 2.66. The van der Waals surface area contributed by atoms with Crippen molar-refractivity contribution in [2.75, 3.05) is 0 Å². The molecule has 0 amide bonds. The maximum atomic E-state index is 14.0. The van der Waals surface area contributed by atoms with E-state index in [1.165, 1.54) is 0 Å². The minimum absolute atomic E-state index is 0.355. The molecule has 2 N–H and O–H groups in total. The van der Waals surface area contributed by atoms with Crippen LogP contribution in [0.4, 0.5) is 8.78 Å². The normalized spacial score (nSPS) is 14.1. The first-order chi connectivity index (χ1) is 10.6. The molecule has 2 aromatic rings. The van der Waals surface area contributed by atoms with Crippen LogP contribution in [-0.2, 0) is 0 Å². The Morgan fingerprint density at radius 2 is 1.72 bits per heavy atom. The first-order valence-electron chi connectivity index (χ1n) is 7.24. The molecular formula is C12H9BF2O3. The fraction of sp³-hybridized carbons (Fsp3) is 0. The lowest BCUT2D eigenvalue weighted by molar-refractivity contribution is 0.281. The summed E-state index contributed by atoms with van der Waals surface area (Å²) in [6.07, 6.45) is 0. The smallest absolute Gasteiger partial charge is 0.510 e. The Balaban J connectivity index is 2.77. The third-order valence-electron chi connectivity index (χ3n) is 2.02. The minimum Gasteiger partial charge on any atom is -0.510 e. The van der Waals surface area contributed by atoms with Crippen molar-refractivity contribution in [3.8, 4) is 16.9 Å². The molecule has 0 fully saturated rings. The molecule has 6 heteroatoms. The molecule has 0 aliphatic heterocycles. The van der Waals surface area contributed by atoms with E-state index in [2.05, 4.69) is 4.65 Å². The monoisotopic (exact) mass is 255 g/mol. The summed E-state index contributed by atoms with van der Waals surface area (Å²) in [5, 5.41) is 17.4. The Bertz CT molecular complexity index is 759. The van der Waals surface area contributed by atoms with Gasteiger partial charge in [-0.15, -0.1) is 0 Å². The molecule has 0 heterocycles. The van der Waals surface area contributed by atoms with Crippen LogP contribution in [0.25, 0.3) is 11.1 Å². The summed E-state index contributed by atoms with van der Waals surface area (Å²) in [4.78, 5) is 0. The van der Waals surface area contributed by atoms with E-state index in [4.69, 9.17) is 16.9 Å². The van der Waals surface area contributed by atoms with Crippen molar-refractivity contribution in [2.45, 2.75) is 0 Å². The van der Waals surface area contributed by atoms with Gasteiger partial charge in [-0.2, -0.15) is 0 Å². The van der Waals surface area contributed by atoms with E-state index in [0.29, 0.717) is 12.1 Å². The maximum absolute atomic E-state index is 14.0. The average Bonchev–Trinajstić information content (AvgIpc) is 2.47. The average molecular weight is 255 g/mol. The lowest BCUT2D eigenvalue weighted by atomic mass is 10.0. The zero-order valence-electron chi connectivity index (χ0n) is 13.8. The van der Waals surface area contributed by atoms with Crippen molar-refractivity contribution in [1.29, 1.82) is 0 Å². The molecule has 3 nitrogen and oxygen atoms in total. The van der Waals surface area contributed by atoms with Crippen molar-refractivity contribution in [2.24, 2.45) is 0 Å². The summed E-state index contributed by atoms with van der Waals surface area (Å²) in [7, 11) is -2.37. The Morgan fingerprint density at radius 3 is 2.33 bits per heavy atom. The molecule has 0 aliphatic rings. The molecule has 2 aromatic carbocycles. The number of benzene rings is 2. The lowest BCUT2D eigenvalue weighted by Crippen LogP contribution is -2.21. The summed E-state index contributed by atoms with van der Waals surface area (Å²) >= 11 is 0. The van der Waals surface area contributed by atoms with Crippen LogP contribution in [0.1, 0.15) is 6.85 Å². The molecule has 92 valence electrons. The summed E-state index contributed by atoms with van der Waals surface area (Å²) in [5.74, 6) is -3.18. The number of hydrogen-bond donors (Lipinski definition) is 2. The van der Waals surface area contributed by atoms with Gasteiger partial charge in [0.2, 0.25) is 0 Å². The van der Waals surface area contributed by atoms with Crippen molar-refractivity contribution in [1.82, 2.24) is 0 Å². The summed E-state index contributed by atoms with van der Waals surface area (Å²) in [6, 6.07) is -2.35. The van der Waals surface area contributed by atoms with E-state index < -0.39 is 66.0 Å². The van der Waals surface area contributed by atoms with Crippen LogP contribution < -0.4 is 4.65 Å². The zero-order chi connectivity index (χ0) is 17.5. The molecule has 0 unspecified atom stereocenters. The second-order valence-corrected chi connectivity index (χ2v) is 3.21. The Labute approximate surface area is 109 Å². The SMILES string of the molecule is [2H]c1c([2H])c([2H])c(-c2cc(OB(O)O)c(F)cc2F)c([2H])c1[2H]. The van der Waals surface area contributed by atoms with Gasteiger partial charge in [-0.05, 0) is 11.6 Å². The molecule has 0 saturated carbocycles. The summed E-state index contributed by atoms with van der Waals surface area (Å²) in [6.45, 7) is 0. The van der Waals surface area contributed by atoms with Gasteiger partial charge in [0.15, 0.2) is 5.82 Å². The molecular weight excluding hydrogens is 241 g/mol. The minimum atomic E-state index is -2.37. The van der Waals surface area contributed by atoms with Crippen LogP contribution in [0.2, 0.25) is 0 Å². The molecule has 0 radical (unpaired) electrons. The van der Waals surface area contributed by atoms with E-state index in [9.17, 15) is 8.78 Å². The van der Waals surface area contributed by atoms with Crippen LogP contribution in [0.5, 0.6) is 5.75 Å². The Kier molecular flexibility index (Phi) is 2.15. The van der Waals surface area contributed by atoms with Gasteiger partial charge in [-0.3, -0.25) is 0 Å². The first kappa shape index (κ1) is 7.50. The molecule has 0 aliphatic carbocycles. The van der Waals surface area contributed by atoms with Crippen molar-refractivity contribution < 1.29 is 30.3 Å². The fourth-order valence-corrected chi connectivity index (χ4v) is 1.31. The van der Waals surface area contributed by atoms with Gasteiger partial charge >= 0.3 is 7.32 Å². The van der Waals surface area contributed by atoms with Crippen LogP contribution in [-0.4, -0.2) is 17.4 Å². The molecule has 0 bridgehead atoms. The summed E-state index contributed by atoms with van der Waals surface area (Å²) in [5.41, 5.74) is -1.02. The van der Waals surface area contributed by atoms with E-state index in [-0.39, 0.29) is 0 Å². The van der Waals surface area contributed by atoms with E-state index >= 15 is 0 Å². The van der Waals surface area contributed by atoms with Crippen molar-refractivity contribution >= 4 is 7.32 Å². The van der Waals surface area contributed by atoms with Gasteiger partial charge in [0.1, 0.15) is 11.6 Å². The first-order valence-corrected chi connectivity index (χ1v) is 4.74. The number of halogens is 2. The highest BCUT2D eigenvalue weighted by Crippen LogP contribution is 2.29. The van der Waals surface area contributed by atoms with Crippen LogP contribution in [0, 0.1) is 11.6 Å². The number of hydrogen-bond acceptors (Lipinski definition) is 3. The van der Waals surface area contributed by atoms with Crippen molar-refractivity contribution in [3.63, 3.8) is 0 Å². The molecule has 0 atom stereocenters. The van der Waals surface area contributed by atoms with Crippen molar-refractivity contribution in [3.05, 3.63) is 54.0 Å². The van der Waals surface area contributed by atoms with Gasteiger partial charge in [0.25, 0.3) is 0 Å². The fourth-order valence-electron chi connectivity index (χ4n) is 1.31. The molecule has 0 saturated heterocycles. The predicted molar refractivity (Wildman–Crippen MR) is 62.6 cm³/mol. The second-order valence-electron chi connectivity index (χ2n) is 3.21. The standard InChI is InChI=1S/C12H9BF2O3/c14-10-7-11(15)12(18-13(16)17)6-9(10)8-4-2-1-3-5-8/h1-7,16-17H/i1D,2D,3D,4D,5D. The van der Waals surface area contributed by atoms with Gasteiger partial charge in [-0.1, -0.05) is 30.2 Å². The van der Waals surface area contributed by atoms with Gasteiger partial charge in [-0.25, -0.2) is 8.78 Å². The highest BCUT2D eigenvalue weighted by atomic mass is 19.1. The van der Waals surface area contributed by atoms with Gasteiger partial charge in [0.05, 0.1) is 6.85 Å². The summed E-state index contributed by atoms with van der Waals surface area (Å²) < 4.78 is 70.0. The van der Waals surface area contributed by atoms with Gasteiger partial charge < -0.3 is 14.7 Å². The maximum Gasteiger partial charge on any atom is 0.707 e. The lowest BCUT2D eigenvalue weighted by Gasteiger charge is -2.09. The number of rotatable bonds is 3. The molecule has 18 heavy (non-hydrogen) atoms. The quantitative estimate of drug-likeness (QED) is 0.824. The van der Waals surface area contributed by atoms with Crippen LogP contribution in [0.3, 0.4) is 0 Å². The largest absolute Gasteiger partial charge is 0.707 e. The zero-order valence-corrected chi connectivity index (χ0v) is 8.79. The Morgan fingerprint density at radius 1 is 1.06 bits per heavy atom. The van der Waals surface area contributed by atoms with E-state index in [1.807, 2.05) is 0 Å². The van der Waals surface area contributed by atoms with Crippen LogP contribution in [0.15, 0.2) is 42.3 Å². The van der Waals surface area contributed by atoms with Gasteiger partial charge in [0, 0.05) is 11.6 Å². The third-order valence-corrected chi connectivity index (χ3v) is 2.02. The second kappa shape index (κ2) is 5.16. The highest BCUT2D eigenvalue weighted by Gasteiger charge is 2.18. The Hall–Kier alpha value is -1.92. The van der Waals surface area contributed by atoms with E-state index in [0.717, 1.165) is 0 Å². The molecule has 2 rings (SSSR count). The topological polar surface area (TPSA) is 49.7 Å². The van der Waals surface area contributed by atoms with E-state index in [1.54, 1.807) is 0 Å². The van der Waals surface area contributed by atoms with Crippen LogP contribution >= 0.6 is 0 Å². The highest BCUT2D eigenvalue weighted by molar-refractivity contribution is 6.33.